The van der Waals surface area contributed by atoms with Gasteiger partial charge in [-0.2, -0.15) is 0 Å². The van der Waals surface area contributed by atoms with E-state index in [0.29, 0.717) is 34.5 Å². The van der Waals surface area contributed by atoms with Gasteiger partial charge in [0.15, 0.2) is 23.9 Å². The molecule has 0 aliphatic carbocycles. The minimum atomic E-state index is -0.268. The third-order valence-corrected chi connectivity index (χ3v) is 4.09. The van der Waals surface area contributed by atoms with Crippen LogP contribution in [0.3, 0.4) is 0 Å². The quantitative estimate of drug-likeness (QED) is 0.672. The van der Waals surface area contributed by atoms with Crippen LogP contribution in [0, 0.1) is 0 Å². The third kappa shape index (κ3) is 4.01. The smallest absolute Gasteiger partial charge is 0.258 e. The highest BCUT2D eigenvalue weighted by Crippen LogP contribution is 2.36. The summed E-state index contributed by atoms with van der Waals surface area (Å²) < 4.78 is 26.6. The van der Waals surface area contributed by atoms with Gasteiger partial charge in [-0.15, -0.1) is 0 Å². The number of hydrogen-bond donors (Lipinski definition) is 1. The number of methoxy groups -OCH3 is 1. The second-order valence-corrected chi connectivity index (χ2v) is 5.99. The normalized spacial score (nSPS) is 11.9. The Morgan fingerprint density at radius 3 is 2.86 bits per heavy atom. The van der Waals surface area contributed by atoms with Gasteiger partial charge in [0, 0.05) is 17.7 Å². The predicted molar refractivity (Wildman–Crippen MR) is 98.4 cm³/mol. The average Bonchev–Trinajstić information content (AvgIpc) is 3.39. The predicted octanol–water partition coefficient (Wildman–Crippen LogP) is 2.77. The summed E-state index contributed by atoms with van der Waals surface area (Å²) in [5.74, 6) is 2.90. The van der Waals surface area contributed by atoms with Crippen molar-refractivity contribution in [2.75, 3.05) is 20.5 Å². The lowest BCUT2D eigenvalue weighted by atomic mass is 10.1. The van der Waals surface area contributed by atoms with E-state index in [0.717, 1.165) is 5.56 Å². The van der Waals surface area contributed by atoms with Crippen molar-refractivity contribution in [2.45, 2.75) is 6.54 Å². The molecule has 0 fully saturated rings. The summed E-state index contributed by atoms with van der Waals surface area (Å²) in [6.07, 6.45) is 0. The Bertz CT molecular complexity index is 984. The number of nitrogens with zero attached hydrogens (tertiary/aromatic N) is 1. The second kappa shape index (κ2) is 7.91. The van der Waals surface area contributed by atoms with E-state index in [9.17, 15) is 4.79 Å². The molecule has 1 N–H and O–H groups in total. The van der Waals surface area contributed by atoms with Gasteiger partial charge in [-0.3, -0.25) is 4.79 Å². The minimum Gasteiger partial charge on any atom is -0.497 e. The zero-order chi connectivity index (χ0) is 19.3. The summed E-state index contributed by atoms with van der Waals surface area (Å²) in [7, 11) is 1.57. The topological polar surface area (TPSA) is 92.1 Å². The maximum Gasteiger partial charge on any atom is 0.258 e. The molecule has 0 atom stereocenters. The first-order valence-corrected chi connectivity index (χ1v) is 8.60. The lowest BCUT2D eigenvalue weighted by Crippen LogP contribution is -2.28. The van der Waals surface area contributed by atoms with Crippen molar-refractivity contribution in [1.82, 2.24) is 10.5 Å². The second-order valence-electron chi connectivity index (χ2n) is 5.99. The van der Waals surface area contributed by atoms with Crippen LogP contribution in [-0.4, -0.2) is 31.6 Å². The summed E-state index contributed by atoms with van der Waals surface area (Å²) >= 11 is 0. The van der Waals surface area contributed by atoms with E-state index in [1.807, 2.05) is 18.2 Å². The molecular weight excluding hydrogens is 364 g/mol. The van der Waals surface area contributed by atoms with Crippen molar-refractivity contribution >= 4 is 5.91 Å². The van der Waals surface area contributed by atoms with E-state index in [1.54, 1.807) is 37.4 Å². The first kappa shape index (κ1) is 17.7. The van der Waals surface area contributed by atoms with Crippen molar-refractivity contribution < 1.29 is 28.3 Å². The van der Waals surface area contributed by atoms with Crippen LogP contribution in [0.4, 0.5) is 0 Å². The van der Waals surface area contributed by atoms with Crippen LogP contribution in [0.15, 0.2) is 53.1 Å². The molecule has 1 aromatic heterocycles. The average molecular weight is 382 g/mol. The fourth-order valence-electron chi connectivity index (χ4n) is 2.66. The van der Waals surface area contributed by atoms with Crippen LogP contribution in [0.5, 0.6) is 23.0 Å². The Balaban J connectivity index is 1.30. The highest BCUT2D eigenvalue weighted by atomic mass is 16.7. The molecule has 8 nitrogen and oxygen atoms in total. The van der Waals surface area contributed by atoms with Crippen molar-refractivity contribution in [2.24, 2.45) is 0 Å². The molecule has 1 aliphatic rings. The van der Waals surface area contributed by atoms with E-state index >= 15 is 0 Å². The molecule has 0 spiro atoms. The lowest BCUT2D eigenvalue weighted by Gasteiger charge is -2.07. The number of amides is 1. The summed E-state index contributed by atoms with van der Waals surface area (Å²) in [5, 5.41) is 6.72. The van der Waals surface area contributed by atoms with Gasteiger partial charge in [0.05, 0.1) is 13.7 Å². The van der Waals surface area contributed by atoms with Gasteiger partial charge in [-0.25, -0.2) is 0 Å². The van der Waals surface area contributed by atoms with Crippen molar-refractivity contribution in [3.05, 3.63) is 54.2 Å². The lowest BCUT2D eigenvalue weighted by molar-refractivity contribution is -0.123. The summed E-state index contributed by atoms with van der Waals surface area (Å²) in [6.45, 7) is 0.332. The Hall–Kier alpha value is -3.68. The van der Waals surface area contributed by atoms with Crippen LogP contribution in [0.2, 0.25) is 0 Å². The molecule has 2 heterocycles. The van der Waals surface area contributed by atoms with Crippen LogP contribution in [0.25, 0.3) is 11.3 Å². The maximum absolute atomic E-state index is 12.0. The fraction of sp³-hybridized carbons (Fsp3) is 0.200. The highest BCUT2D eigenvalue weighted by molar-refractivity contribution is 5.77. The molecule has 2 aromatic carbocycles. The molecule has 0 unspecified atom stereocenters. The molecule has 0 radical (unpaired) electrons. The number of nitrogens with one attached hydrogen (secondary N) is 1. The van der Waals surface area contributed by atoms with E-state index in [4.69, 9.17) is 23.5 Å². The van der Waals surface area contributed by atoms with E-state index in [1.165, 1.54) is 0 Å². The summed E-state index contributed by atoms with van der Waals surface area (Å²) in [5.41, 5.74) is 1.41. The zero-order valence-electron chi connectivity index (χ0n) is 15.1. The Morgan fingerprint density at radius 2 is 1.96 bits per heavy atom. The Kier molecular flexibility index (Phi) is 5.01. The molecule has 1 amide bonds. The van der Waals surface area contributed by atoms with Gasteiger partial charge in [-0.1, -0.05) is 11.2 Å². The third-order valence-electron chi connectivity index (χ3n) is 4.09. The summed E-state index contributed by atoms with van der Waals surface area (Å²) in [4.78, 5) is 12.0. The molecule has 0 saturated carbocycles. The zero-order valence-corrected chi connectivity index (χ0v) is 15.1. The van der Waals surface area contributed by atoms with Crippen LogP contribution in [-0.2, 0) is 11.3 Å². The van der Waals surface area contributed by atoms with Crippen LogP contribution < -0.4 is 24.3 Å². The Labute approximate surface area is 160 Å². The standard InChI is InChI=1S/C20H18N2O6/c1-24-15-3-2-4-16(9-15)25-11-20(23)21-10-14-8-18(28-22-14)13-5-6-17-19(7-13)27-12-26-17/h2-9H,10-12H2,1H3,(H,21,23). The number of carbonyl (C=O) groups is 1. The van der Waals surface area contributed by atoms with Crippen molar-refractivity contribution in [1.29, 1.82) is 0 Å². The Morgan fingerprint density at radius 1 is 1.11 bits per heavy atom. The van der Waals surface area contributed by atoms with Gasteiger partial charge in [0.25, 0.3) is 5.91 Å². The molecule has 28 heavy (non-hydrogen) atoms. The molecule has 8 heteroatoms. The first-order valence-electron chi connectivity index (χ1n) is 8.60. The monoisotopic (exact) mass is 382 g/mol. The number of hydrogen-bond acceptors (Lipinski definition) is 7. The molecule has 0 saturated heterocycles. The largest absolute Gasteiger partial charge is 0.497 e. The van der Waals surface area contributed by atoms with Gasteiger partial charge in [-0.05, 0) is 30.3 Å². The van der Waals surface area contributed by atoms with E-state index < -0.39 is 0 Å². The van der Waals surface area contributed by atoms with Crippen LogP contribution >= 0.6 is 0 Å². The van der Waals surface area contributed by atoms with E-state index in [-0.39, 0.29) is 25.9 Å². The molecule has 3 aromatic rings. The van der Waals surface area contributed by atoms with Gasteiger partial charge >= 0.3 is 0 Å². The number of rotatable bonds is 7. The van der Waals surface area contributed by atoms with Crippen molar-refractivity contribution in [3.63, 3.8) is 0 Å². The first-order chi connectivity index (χ1) is 13.7. The summed E-state index contributed by atoms with van der Waals surface area (Å²) in [6, 6.07) is 14.3. The molecular formula is C20H18N2O6. The van der Waals surface area contributed by atoms with Crippen molar-refractivity contribution in [3.8, 4) is 34.3 Å². The SMILES string of the molecule is COc1cccc(OCC(=O)NCc2cc(-c3ccc4c(c3)OCO4)on2)c1. The highest BCUT2D eigenvalue weighted by Gasteiger charge is 2.16. The molecule has 4 rings (SSSR count). The number of ether oxygens (including phenoxy) is 4. The van der Waals surface area contributed by atoms with Gasteiger partial charge in [0.1, 0.15) is 17.2 Å². The van der Waals surface area contributed by atoms with Gasteiger partial charge < -0.3 is 28.8 Å². The number of fused-ring (bicyclic) bond motifs is 1. The van der Waals surface area contributed by atoms with Gasteiger partial charge in [0.2, 0.25) is 6.79 Å². The number of carbonyl (C=O) groups excluding carboxylic acids is 1. The molecule has 0 bridgehead atoms. The van der Waals surface area contributed by atoms with E-state index in [2.05, 4.69) is 10.5 Å². The number of benzene rings is 2. The number of aromatic nitrogens is 1. The minimum absolute atomic E-state index is 0.111. The fourth-order valence-corrected chi connectivity index (χ4v) is 2.66. The van der Waals surface area contributed by atoms with Crippen LogP contribution in [0.1, 0.15) is 5.69 Å². The molecule has 1 aliphatic heterocycles. The maximum atomic E-state index is 12.0. The molecule has 144 valence electrons.